The van der Waals surface area contributed by atoms with Crippen molar-refractivity contribution in [3.8, 4) is 5.75 Å². The highest BCUT2D eigenvalue weighted by Crippen LogP contribution is 2.27. The zero-order chi connectivity index (χ0) is 13.8. The molecule has 1 aliphatic rings. The predicted octanol–water partition coefficient (Wildman–Crippen LogP) is 3.19. The van der Waals surface area contributed by atoms with Gasteiger partial charge in [0, 0.05) is 12.2 Å². The fourth-order valence-corrected chi connectivity index (χ4v) is 1.91. The molecule has 0 atom stereocenters. The molecule has 1 saturated carbocycles. The minimum Gasteiger partial charge on any atom is -0.492 e. The molecule has 5 nitrogen and oxygen atoms in total. The Bertz CT molecular complexity index is 584. The molecule has 0 amide bonds. The van der Waals surface area contributed by atoms with Crippen LogP contribution in [0.15, 0.2) is 36.5 Å². The van der Waals surface area contributed by atoms with Gasteiger partial charge in [-0.05, 0) is 38.0 Å². The Hall–Kier alpha value is -2.30. The van der Waals surface area contributed by atoms with Gasteiger partial charge in [-0.25, -0.2) is 4.98 Å². The monoisotopic (exact) mass is 270 g/mol. The first kappa shape index (κ1) is 12.7. The molecule has 0 radical (unpaired) electrons. The second-order valence-corrected chi connectivity index (χ2v) is 4.74. The van der Waals surface area contributed by atoms with Crippen molar-refractivity contribution in [2.45, 2.75) is 25.8 Å². The number of para-hydroxylation sites is 2. The summed E-state index contributed by atoms with van der Waals surface area (Å²) in [6.45, 7) is 2.59. The molecule has 0 spiro atoms. The third kappa shape index (κ3) is 3.17. The average Bonchev–Trinajstić information content (AvgIpc) is 3.26. The first-order valence-corrected chi connectivity index (χ1v) is 6.93. The van der Waals surface area contributed by atoms with E-state index in [1.165, 1.54) is 12.8 Å². The average molecular weight is 270 g/mol. The van der Waals surface area contributed by atoms with Crippen molar-refractivity contribution in [2.24, 2.45) is 0 Å². The Morgan fingerprint density at radius 2 is 2.10 bits per heavy atom. The van der Waals surface area contributed by atoms with Gasteiger partial charge in [0.25, 0.3) is 0 Å². The van der Waals surface area contributed by atoms with Crippen molar-refractivity contribution in [3.05, 3.63) is 36.5 Å². The third-order valence-corrected chi connectivity index (χ3v) is 3.02. The smallest absolute Gasteiger partial charge is 0.229 e. The van der Waals surface area contributed by atoms with Gasteiger partial charge in [0.15, 0.2) is 0 Å². The summed E-state index contributed by atoms with van der Waals surface area (Å²) in [6.07, 6.45) is 4.20. The zero-order valence-corrected chi connectivity index (χ0v) is 11.5. The molecule has 1 aromatic carbocycles. The van der Waals surface area contributed by atoms with E-state index < -0.39 is 0 Å². The molecule has 0 bridgehead atoms. The SMILES string of the molecule is CCOc1ccccc1Nc1nccc(NC2CC2)n1. The molecule has 1 fully saturated rings. The van der Waals surface area contributed by atoms with Crippen molar-refractivity contribution >= 4 is 17.5 Å². The summed E-state index contributed by atoms with van der Waals surface area (Å²) >= 11 is 0. The van der Waals surface area contributed by atoms with Crippen molar-refractivity contribution in [1.29, 1.82) is 0 Å². The lowest BCUT2D eigenvalue weighted by Crippen LogP contribution is -2.06. The molecule has 20 heavy (non-hydrogen) atoms. The summed E-state index contributed by atoms with van der Waals surface area (Å²) in [5, 5.41) is 6.56. The van der Waals surface area contributed by atoms with Crippen LogP contribution >= 0.6 is 0 Å². The van der Waals surface area contributed by atoms with Gasteiger partial charge in [0.1, 0.15) is 11.6 Å². The van der Waals surface area contributed by atoms with Crippen LogP contribution in [0.1, 0.15) is 19.8 Å². The van der Waals surface area contributed by atoms with Crippen LogP contribution in [0.3, 0.4) is 0 Å². The van der Waals surface area contributed by atoms with E-state index in [9.17, 15) is 0 Å². The molecular formula is C15H18N4O. The second-order valence-electron chi connectivity index (χ2n) is 4.74. The summed E-state index contributed by atoms with van der Waals surface area (Å²) < 4.78 is 5.58. The van der Waals surface area contributed by atoms with Gasteiger partial charge < -0.3 is 15.4 Å². The number of hydrogen-bond donors (Lipinski definition) is 2. The van der Waals surface area contributed by atoms with Crippen molar-refractivity contribution < 1.29 is 4.74 Å². The number of nitrogens with zero attached hydrogens (tertiary/aromatic N) is 2. The molecule has 5 heteroatoms. The van der Waals surface area contributed by atoms with Crippen LogP contribution in [-0.4, -0.2) is 22.6 Å². The molecule has 0 unspecified atom stereocenters. The highest BCUT2D eigenvalue weighted by atomic mass is 16.5. The van der Waals surface area contributed by atoms with Gasteiger partial charge in [-0.2, -0.15) is 4.98 Å². The molecule has 2 aromatic rings. The molecule has 104 valence electrons. The van der Waals surface area contributed by atoms with Gasteiger partial charge in [-0.15, -0.1) is 0 Å². The number of hydrogen-bond acceptors (Lipinski definition) is 5. The summed E-state index contributed by atoms with van der Waals surface area (Å²) in [5.74, 6) is 2.24. The van der Waals surface area contributed by atoms with E-state index in [2.05, 4.69) is 20.6 Å². The maximum Gasteiger partial charge on any atom is 0.229 e. The Morgan fingerprint density at radius 3 is 2.90 bits per heavy atom. The topological polar surface area (TPSA) is 59.1 Å². The third-order valence-electron chi connectivity index (χ3n) is 3.02. The van der Waals surface area contributed by atoms with Crippen molar-refractivity contribution in [1.82, 2.24) is 9.97 Å². The molecular weight excluding hydrogens is 252 g/mol. The van der Waals surface area contributed by atoms with Crippen LogP contribution in [0.2, 0.25) is 0 Å². The zero-order valence-electron chi connectivity index (χ0n) is 11.5. The standard InChI is InChI=1S/C15H18N4O/c1-2-20-13-6-4-3-5-12(13)18-15-16-10-9-14(19-15)17-11-7-8-11/h3-6,9-11H,2,7-8H2,1H3,(H2,16,17,18,19). The first-order chi connectivity index (χ1) is 9.85. The Kier molecular flexibility index (Phi) is 3.67. The Morgan fingerprint density at radius 1 is 1.25 bits per heavy atom. The second kappa shape index (κ2) is 5.77. The van der Waals surface area contributed by atoms with E-state index in [0.717, 1.165) is 17.3 Å². The summed E-state index contributed by atoms with van der Waals surface area (Å²) in [4.78, 5) is 8.71. The maximum atomic E-state index is 5.58. The minimum atomic E-state index is 0.572. The van der Waals surface area contributed by atoms with E-state index in [1.807, 2.05) is 37.3 Å². The molecule has 1 aromatic heterocycles. The largest absolute Gasteiger partial charge is 0.492 e. The van der Waals surface area contributed by atoms with Crippen LogP contribution in [0.25, 0.3) is 0 Å². The fourth-order valence-electron chi connectivity index (χ4n) is 1.91. The molecule has 1 heterocycles. The van der Waals surface area contributed by atoms with Gasteiger partial charge >= 0.3 is 0 Å². The highest BCUT2D eigenvalue weighted by molar-refractivity contribution is 5.63. The van der Waals surface area contributed by atoms with Crippen LogP contribution in [0, 0.1) is 0 Å². The van der Waals surface area contributed by atoms with Gasteiger partial charge in [-0.1, -0.05) is 12.1 Å². The minimum absolute atomic E-state index is 0.572. The van der Waals surface area contributed by atoms with E-state index in [0.29, 0.717) is 18.6 Å². The number of aromatic nitrogens is 2. The van der Waals surface area contributed by atoms with E-state index >= 15 is 0 Å². The molecule has 2 N–H and O–H groups in total. The lowest BCUT2D eigenvalue weighted by atomic mass is 10.3. The summed E-state index contributed by atoms with van der Waals surface area (Å²) in [6, 6.07) is 10.2. The van der Waals surface area contributed by atoms with Crippen molar-refractivity contribution in [3.63, 3.8) is 0 Å². The quantitative estimate of drug-likeness (QED) is 0.844. The van der Waals surface area contributed by atoms with Gasteiger partial charge in [0.05, 0.1) is 12.3 Å². The highest BCUT2D eigenvalue weighted by Gasteiger charge is 2.21. The molecule has 3 rings (SSSR count). The lowest BCUT2D eigenvalue weighted by molar-refractivity contribution is 0.342. The van der Waals surface area contributed by atoms with Crippen LogP contribution in [-0.2, 0) is 0 Å². The molecule has 0 aliphatic heterocycles. The lowest BCUT2D eigenvalue weighted by Gasteiger charge is -2.11. The predicted molar refractivity (Wildman–Crippen MR) is 79.6 cm³/mol. The van der Waals surface area contributed by atoms with Crippen LogP contribution in [0.5, 0.6) is 5.75 Å². The Labute approximate surface area is 118 Å². The van der Waals surface area contributed by atoms with Gasteiger partial charge in [0.2, 0.25) is 5.95 Å². The van der Waals surface area contributed by atoms with E-state index in [1.54, 1.807) is 6.20 Å². The fraction of sp³-hybridized carbons (Fsp3) is 0.333. The molecule has 1 aliphatic carbocycles. The number of benzene rings is 1. The molecule has 0 saturated heterocycles. The normalized spacial score (nSPS) is 13.8. The summed E-state index contributed by atoms with van der Waals surface area (Å²) in [7, 11) is 0. The first-order valence-electron chi connectivity index (χ1n) is 6.93. The van der Waals surface area contributed by atoms with Gasteiger partial charge in [-0.3, -0.25) is 0 Å². The number of nitrogens with one attached hydrogen (secondary N) is 2. The van der Waals surface area contributed by atoms with Crippen LogP contribution in [0.4, 0.5) is 17.5 Å². The van der Waals surface area contributed by atoms with Crippen LogP contribution < -0.4 is 15.4 Å². The van der Waals surface area contributed by atoms with Crippen molar-refractivity contribution in [2.75, 3.05) is 17.2 Å². The number of ether oxygens (including phenoxy) is 1. The summed E-state index contributed by atoms with van der Waals surface area (Å²) in [5.41, 5.74) is 0.873. The number of rotatable bonds is 6. The van der Waals surface area contributed by atoms with E-state index in [-0.39, 0.29) is 0 Å². The number of anilines is 3. The van der Waals surface area contributed by atoms with E-state index in [4.69, 9.17) is 4.74 Å². The Balaban J connectivity index is 1.76. The maximum absolute atomic E-state index is 5.58.